The molecule has 0 aliphatic carbocycles. The zero-order valence-corrected chi connectivity index (χ0v) is 16.0. The summed E-state index contributed by atoms with van der Waals surface area (Å²) >= 11 is 0. The Morgan fingerprint density at radius 2 is 1.79 bits per heavy atom. The van der Waals surface area contributed by atoms with Gasteiger partial charge in [0.05, 0.1) is 50.7 Å². The van der Waals surface area contributed by atoms with E-state index in [-0.39, 0.29) is 5.91 Å². The van der Waals surface area contributed by atoms with Crippen molar-refractivity contribution >= 4 is 5.91 Å². The average Bonchev–Trinajstić information content (AvgIpc) is 3.25. The van der Waals surface area contributed by atoms with Crippen LogP contribution in [0.15, 0.2) is 67.0 Å². The van der Waals surface area contributed by atoms with E-state index in [0.29, 0.717) is 5.56 Å². The number of rotatable bonds is 5. The topological polar surface area (TPSA) is 51.8 Å². The molecule has 1 aromatic heterocycles. The summed E-state index contributed by atoms with van der Waals surface area (Å²) in [5, 5.41) is 4.34. The molecule has 144 valence electrons. The second kappa shape index (κ2) is 8.27. The summed E-state index contributed by atoms with van der Waals surface area (Å²) in [4.78, 5) is 16.3. The maximum absolute atomic E-state index is 12.8. The Kier molecular flexibility index (Phi) is 5.39. The van der Waals surface area contributed by atoms with E-state index >= 15 is 0 Å². The van der Waals surface area contributed by atoms with Crippen LogP contribution in [-0.4, -0.2) is 53.9 Å². The molecule has 1 N–H and O–H groups in total. The van der Waals surface area contributed by atoms with Gasteiger partial charge in [0.25, 0.3) is 5.91 Å². The fraction of sp³-hybridized carbons (Fsp3) is 0.273. The highest BCUT2D eigenvalue weighted by Crippen LogP contribution is 2.12. The normalized spacial score (nSPS) is 14.8. The lowest BCUT2D eigenvalue weighted by Gasteiger charge is -2.32. The van der Waals surface area contributed by atoms with Gasteiger partial charge in [0.2, 0.25) is 0 Å². The zero-order chi connectivity index (χ0) is 19.3. The number of hydrogen-bond donors (Lipinski definition) is 1. The van der Waals surface area contributed by atoms with Gasteiger partial charge in [-0.1, -0.05) is 18.2 Å². The number of nitrogens with one attached hydrogen (secondary N) is 1. The van der Waals surface area contributed by atoms with Crippen molar-refractivity contribution < 1.29 is 14.4 Å². The highest BCUT2D eigenvalue weighted by atomic mass is 16.5. The number of carbonyl (C=O) groups excluding carboxylic acids is 1. The standard InChI is InChI=1S/C22H24N4O2/c1-28-21-9-7-18(8-10-21)16-24-11-13-25(14-12-24)22(27)19-15-23-26(17-19)20-5-3-2-4-6-20/h2-10,15,17H,11-14,16H2,1H3/p+1. The van der Waals surface area contributed by atoms with E-state index in [0.717, 1.165) is 44.2 Å². The van der Waals surface area contributed by atoms with E-state index in [2.05, 4.69) is 17.2 Å². The summed E-state index contributed by atoms with van der Waals surface area (Å²) in [5.74, 6) is 0.941. The van der Waals surface area contributed by atoms with Gasteiger partial charge in [-0.05, 0) is 36.4 Å². The molecule has 0 bridgehead atoms. The fourth-order valence-electron chi connectivity index (χ4n) is 3.57. The number of aromatic nitrogens is 2. The Labute approximate surface area is 164 Å². The molecule has 6 heteroatoms. The average molecular weight is 377 g/mol. The van der Waals surface area contributed by atoms with Crippen molar-refractivity contribution in [1.29, 1.82) is 0 Å². The summed E-state index contributed by atoms with van der Waals surface area (Å²) in [6.07, 6.45) is 3.47. The second-order valence-electron chi connectivity index (χ2n) is 7.08. The Balaban J connectivity index is 1.33. The largest absolute Gasteiger partial charge is 0.497 e. The molecule has 1 amide bonds. The minimum Gasteiger partial charge on any atom is -0.497 e. The summed E-state index contributed by atoms with van der Waals surface area (Å²) in [6, 6.07) is 18.1. The number of quaternary nitrogens is 1. The third kappa shape index (κ3) is 4.07. The van der Waals surface area contributed by atoms with E-state index < -0.39 is 0 Å². The first-order valence-electron chi connectivity index (χ1n) is 9.59. The van der Waals surface area contributed by atoms with Gasteiger partial charge in [-0.3, -0.25) is 4.79 Å². The van der Waals surface area contributed by atoms with Crippen LogP contribution in [0.3, 0.4) is 0 Å². The van der Waals surface area contributed by atoms with E-state index in [1.54, 1.807) is 18.0 Å². The first kappa shape index (κ1) is 18.3. The van der Waals surface area contributed by atoms with Crippen LogP contribution in [0.4, 0.5) is 0 Å². The zero-order valence-electron chi connectivity index (χ0n) is 16.0. The number of amides is 1. The number of piperazine rings is 1. The van der Waals surface area contributed by atoms with Crippen LogP contribution in [0.1, 0.15) is 15.9 Å². The van der Waals surface area contributed by atoms with E-state index in [9.17, 15) is 4.79 Å². The number of benzene rings is 2. The summed E-state index contributed by atoms with van der Waals surface area (Å²) < 4.78 is 6.96. The molecule has 0 spiro atoms. The van der Waals surface area contributed by atoms with Gasteiger partial charge in [-0.25, -0.2) is 4.68 Å². The molecule has 6 nitrogen and oxygen atoms in total. The molecule has 0 unspecified atom stereocenters. The quantitative estimate of drug-likeness (QED) is 0.732. The molecule has 0 radical (unpaired) electrons. The predicted octanol–water partition coefficient (Wildman–Crippen LogP) is 1.42. The number of methoxy groups -OCH3 is 1. The van der Waals surface area contributed by atoms with Crippen LogP contribution in [0.2, 0.25) is 0 Å². The van der Waals surface area contributed by atoms with E-state index in [1.165, 1.54) is 10.5 Å². The number of para-hydroxylation sites is 1. The Morgan fingerprint density at radius 3 is 2.46 bits per heavy atom. The summed E-state index contributed by atoms with van der Waals surface area (Å²) in [7, 11) is 1.68. The molecule has 1 aliphatic rings. The van der Waals surface area contributed by atoms with E-state index in [4.69, 9.17) is 4.74 Å². The van der Waals surface area contributed by atoms with Crippen molar-refractivity contribution in [2.75, 3.05) is 33.3 Å². The van der Waals surface area contributed by atoms with Crippen molar-refractivity contribution in [2.24, 2.45) is 0 Å². The minimum absolute atomic E-state index is 0.0608. The molecule has 2 aromatic carbocycles. The predicted molar refractivity (Wildman–Crippen MR) is 107 cm³/mol. The van der Waals surface area contributed by atoms with Crippen LogP contribution >= 0.6 is 0 Å². The van der Waals surface area contributed by atoms with Gasteiger partial charge in [0.15, 0.2) is 0 Å². The van der Waals surface area contributed by atoms with Crippen LogP contribution in [-0.2, 0) is 6.54 Å². The Hall–Kier alpha value is -3.12. The fourth-order valence-corrected chi connectivity index (χ4v) is 3.57. The summed E-state index contributed by atoms with van der Waals surface area (Å²) in [5.41, 5.74) is 2.89. The van der Waals surface area contributed by atoms with Crippen molar-refractivity contribution in [3.05, 3.63) is 78.1 Å². The lowest BCUT2D eigenvalue weighted by molar-refractivity contribution is -0.917. The molecule has 0 saturated carbocycles. The van der Waals surface area contributed by atoms with Crippen molar-refractivity contribution in [1.82, 2.24) is 14.7 Å². The lowest BCUT2D eigenvalue weighted by Crippen LogP contribution is -3.13. The van der Waals surface area contributed by atoms with Crippen LogP contribution < -0.4 is 9.64 Å². The Bertz CT molecular complexity index is 913. The van der Waals surface area contributed by atoms with Gasteiger partial charge < -0.3 is 14.5 Å². The highest BCUT2D eigenvalue weighted by molar-refractivity contribution is 5.93. The first-order valence-corrected chi connectivity index (χ1v) is 9.59. The molecule has 0 atom stereocenters. The number of hydrogen-bond acceptors (Lipinski definition) is 3. The maximum atomic E-state index is 12.8. The molecule has 1 saturated heterocycles. The van der Waals surface area contributed by atoms with Crippen LogP contribution in [0.5, 0.6) is 5.75 Å². The van der Waals surface area contributed by atoms with Crippen LogP contribution in [0, 0.1) is 0 Å². The minimum atomic E-state index is 0.0608. The van der Waals surface area contributed by atoms with Crippen molar-refractivity contribution in [2.45, 2.75) is 6.54 Å². The van der Waals surface area contributed by atoms with Crippen molar-refractivity contribution in [3.63, 3.8) is 0 Å². The number of carbonyl (C=O) groups is 1. The highest BCUT2D eigenvalue weighted by Gasteiger charge is 2.25. The SMILES string of the molecule is COc1ccc(C[NH+]2CCN(C(=O)c3cnn(-c4ccccc4)c3)CC2)cc1. The van der Waals surface area contributed by atoms with Gasteiger partial charge in [-0.15, -0.1) is 0 Å². The molecule has 4 rings (SSSR count). The number of nitrogens with zero attached hydrogens (tertiary/aromatic N) is 3. The third-order valence-corrected chi connectivity index (χ3v) is 5.22. The smallest absolute Gasteiger partial charge is 0.257 e. The van der Waals surface area contributed by atoms with Gasteiger partial charge >= 0.3 is 0 Å². The van der Waals surface area contributed by atoms with Crippen LogP contribution in [0.25, 0.3) is 5.69 Å². The molecule has 2 heterocycles. The molecular weight excluding hydrogens is 352 g/mol. The van der Waals surface area contributed by atoms with Gasteiger partial charge in [0, 0.05) is 11.8 Å². The Morgan fingerprint density at radius 1 is 1.07 bits per heavy atom. The molecular formula is C22H25N4O2+. The maximum Gasteiger partial charge on any atom is 0.257 e. The van der Waals surface area contributed by atoms with Gasteiger partial charge in [-0.2, -0.15) is 5.10 Å². The first-order chi connectivity index (χ1) is 13.7. The van der Waals surface area contributed by atoms with Crippen molar-refractivity contribution in [3.8, 4) is 11.4 Å². The van der Waals surface area contributed by atoms with Gasteiger partial charge in [0.1, 0.15) is 12.3 Å². The third-order valence-electron chi connectivity index (χ3n) is 5.22. The molecule has 1 fully saturated rings. The number of ether oxygens (including phenoxy) is 1. The lowest BCUT2D eigenvalue weighted by atomic mass is 10.2. The monoisotopic (exact) mass is 377 g/mol. The van der Waals surface area contributed by atoms with E-state index in [1.807, 2.05) is 53.6 Å². The molecule has 1 aliphatic heterocycles. The molecule has 28 heavy (non-hydrogen) atoms. The summed E-state index contributed by atoms with van der Waals surface area (Å²) in [6.45, 7) is 4.40. The second-order valence-corrected chi connectivity index (χ2v) is 7.08. The molecule has 3 aromatic rings.